The van der Waals surface area contributed by atoms with Gasteiger partial charge in [0.25, 0.3) is 6.48 Å². The van der Waals surface area contributed by atoms with Crippen LogP contribution in [0.3, 0.4) is 0 Å². The summed E-state index contributed by atoms with van der Waals surface area (Å²) in [6, 6.07) is 69.0. The van der Waals surface area contributed by atoms with Gasteiger partial charge in [-0.05, 0) is 135 Å². The SMILES string of the molecule is CC(C)Nc1cccc(-n2c3ccccc3c3ccccc32)c1N.CC(C)Nc1cccc(-n2c3ccccc3c3ccccc32)c1[N+](=O)[O-].CC(C)n1cnc2c(-n3c4ccccc4c4ccccc43)cccc21.CCOC(OCC)OCC. The number of nitrogens with one attached hydrogen (secondary N) is 2. The molecule has 13 rings (SSSR count). The van der Waals surface area contributed by atoms with Gasteiger partial charge in [0.15, 0.2) is 0 Å². The molecule has 0 amide bonds. The van der Waals surface area contributed by atoms with Gasteiger partial charge in [-0.2, -0.15) is 0 Å². The maximum atomic E-state index is 11.9. The van der Waals surface area contributed by atoms with Crippen molar-refractivity contribution in [2.45, 2.75) is 86.9 Å². The number of ether oxygens (including phenoxy) is 3. The van der Waals surface area contributed by atoms with Crippen molar-refractivity contribution in [3.63, 3.8) is 0 Å². The summed E-state index contributed by atoms with van der Waals surface area (Å²) < 4.78 is 24.0. The van der Waals surface area contributed by atoms with Crippen molar-refractivity contribution in [2.24, 2.45) is 0 Å². The van der Waals surface area contributed by atoms with Crippen molar-refractivity contribution in [3.05, 3.63) is 217 Å². The molecule has 0 fully saturated rings. The van der Waals surface area contributed by atoms with E-state index in [0.717, 1.165) is 50.1 Å². The molecule has 14 heteroatoms. The van der Waals surface area contributed by atoms with Crippen LogP contribution in [0.2, 0.25) is 0 Å². The highest BCUT2D eigenvalue weighted by atomic mass is 16.8. The Labute approximate surface area is 496 Å². The van der Waals surface area contributed by atoms with E-state index >= 15 is 0 Å². The maximum absolute atomic E-state index is 11.9. The minimum Gasteiger partial charge on any atom is -0.395 e. The number of nitrogen functional groups attached to an aromatic ring is 1. The van der Waals surface area contributed by atoms with Crippen LogP contribution in [-0.4, -0.2) is 66.6 Å². The number of benzene rings is 9. The summed E-state index contributed by atoms with van der Waals surface area (Å²) in [4.78, 5) is 16.4. The third-order valence-corrected chi connectivity index (χ3v) is 14.7. The Kier molecular flexibility index (Phi) is 18.2. The first-order valence-corrected chi connectivity index (χ1v) is 29.3. The molecule has 9 aromatic carbocycles. The number of nitro benzene ring substituents is 1. The van der Waals surface area contributed by atoms with Gasteiger partial charge in [0, 0.05) is 70.3 Å². The lowest BCUT2D eigenvalue weighted by Crippen LogP contribution is -2.20. The van der Waals surface area contributed by atoms with Gasteiger partial charge in [0.1, 0.15) is 16.9 Å². The molecule has 0 unspecified atom stereocenters. The van der Waals surface area contributed by atoms with Crippen molar-refractivity contribution < 1.29 is 19.1 Å². The molecular weight excluding hydrogens is 1060 g/mol. The van der Waals surface area contributed by atoms with Crippen LogP contribution in [0.4, 0.5) is 22.7 Å². The monoisotopic (exact) mass is 1130 g/mol. The summed E-state index contributed by atoms with van der Waals surface area (Å²) in [5.41, 5.74) is 20.5. The van der Waals surface area contributed by atoms with Gasteiger partial charge in [-0.15, -0.1) is 0 Å². The quantitative estimate of drug-likeness (QED) is 0.0394. The molecule has 13 aromatic rings. The fourth-order valence-corrected chi connectivity index (χ4v) is 11.2. The van der Waals surface area contributed by atoms with E-state index in [4.69, 9.17) is 24.9 Å². The van der Waals surface area contributed by atoms with E-state index in [1.165, 1.54) is 49.1 Å². The van der Waals surface area contributed by atoms with Crippen LogP contribution in [0, 0.1) is 10.1 Å². The van der Waals surface area contributed by atoms with E-state index in [2.05, 4.69) is 192 Å². The molecule has 0 spiro atoms. The normalized spacial score (nSPS) is 11.5. The fourth-order valence-electron chi connectivity index (χ4n) is 11.2. The smallest absolute Gasteiger partial charge is 0.316 e. The molecule has 0 aliphatic carbocycles. The summed E-state index contributed by atoms with van der Waals surface area (Å²) in [7, 11) is 0. The molecule has 4 aromatic heterocycles. The minimum absolute atomic E-state index is 0.0905. The molecule has 0 atom stereocenters. The van der Waals surface area contributed by atoms with E-state index in [1.54, 1.807) is 6.07 Å². The Bertz CT molecular complexity index is 4260. The Morgan fingerprint density at radius 3 is 1.16 bits per heavy atom. The highest BCUT2D eigenvalue weighted by Crippen LogP contribution is 2.40. The van der Waals surface area contributed by atoms with E-state index in [1.807, 2.05) is 100 Å². The largest absolute Gasteiger partial charge is 0.395 e. The molecule has 0 saturated carbocycles. The first kappa shape index (κ1) is 58.7. The van der Waals surface area contributed by atoms with Crippen LogP contribution in [0.5, 0.6) is 0 Å². The molecular formula is C71H75N9O5. The molecule has 0 aliphatic heterocycles. The van der Waals surface area contributed by atoms with Crippen LogP contribution < -0.4 is 16.4 Å². The van der Waals surface area contributed by atoms with Crippen LogP contribution in [0.25, 0.3) is 93.5 Å². The molecule has 0 radical (unpaired) electrons. The Morgan fingerprint density at radius 1 is 0.447 bits per heavy atom. The zero-order valence-electron chi connectivity index (χ0n) is 49.9. The highest BCUT2D eigenvalue weighted by molar-refractivity contribution is 6.12. The number of imidazole rings is 1. The molecule has 14 nitrogen and oxygen atoms in total. The number of hydrogen-bond donors (Lipinski definition) is 3. The van der Waals surface area contributed by atoms with E-state index < -0.39 is 6.48 Å². The van der Waals surface area contributed by atoms with E-state index in [0.29, 0.717) is 43.3 Å². The summed E-state index contributed by atoms with van der Waals surface area (Å²) in [5.74, 6) is 0. The highest BCUT2D eigenvalue weighted by Gasteiger charge is 2.25. The second kappa shape index (κ2) is 26.4. The zero-order valence-corrected chi connectivity index (χ0v) is 49.9. The third kappa shape index (κ3) is 12.0. The van der Waals surface area contributed by atoms with E-state index in [9.17, 15) is 10.1 Å². The van der Waals surface area contributed by atoms with E-state index in [-0.39, 0.29) is 16.7 Å². The van der Waals surface area contributed by atoms with Crippen molar-refractivity contribution in [3.8, 4) is 17.1 Å². The Morgan fingerprint density at radius 2 is 0.776 bits per heavy atom. The molecule has 4 heterocycles. The zero-order chi connectivity index (χ0) is 59.7. The number of fused-ring (bicyclic) bond motifs is 10. The number of aromatic nitrogens is 5. The lowest BCUT2D eigenvalue weighted by atomic mass is 10.2. The Balaban J connectivity index is 0.000000131. The number of nitro groups is 1. The first-order valence-electron chi connectivity index (χ1n) is 29.3. The van der Waals surface area contributed by atoms with Crippen LogP contribution in [0.15, 0.2) is 207 Å². The third-order valence-electron chi connectivity index (χ3n) is 14.7. The molecule has 0 aliphatic rings. The van der Waals surface area contributed by atoms with Gasteiger partial charge in [0.05, 0.1) is 72.6 Å². The number of rotatable bonds is 15. The standard InChI is InChI=1S/C22H19N3.C21H19N3O2.C21H21N3.C7H16O3/c1-15(2)24-14-23-22-20(24)12-7-13-21(22)25-18-10-5-3-8-16(18)17-9-4-6-11-19(17)25;1-14(2)22-17-10-7-13-20(21(17)24(25)26)23-18-11-5-3-8-15(18)16-9-4-6-12-19(16)23;1-14(2)23-17-10-7-13-20(21(17)22)24-18-11-5-3-8-15(18)16-9-4-6-12-19(16)24;1-4-8-7(9-5-2)10-6-3/h3-15H,1-2H3;3-14,22H,1-2H3;3-14,23H,22H2,1-2H3;7H,4-6H2,1-3H3. The van der Waals surface area contributed by atoms with Crippen molar-refractivity contribution >= 4 is 99.2 Å². The molecule has 434 valence electrons. The summed E-state index contributed by atoms with van der Waals surface area (Å²) in [5, 5.41) is 25.8. The van der Waals surface area contributed by atoms with Gasteiger partial charge < -0.3 is 48.8 Å². The second-order valence-corrected chi connectivity index (χ2v) is 21.4. The fraction of sp³-hybridized carbons (Fsp3) is 0.225. The second-order valence-electron chi connectivity index (χ2n) is 21.4. The van der Waals surface area contributed by atoms with Crippen LogP contribution in [-0.2, 0) is 14.2 Å². The van der Waals surface area contributed by atoms with Crippen molar-refractivity contribution in [2.75, 3.05) is 36.2 Å². The lowest BCUT2D eigenvalue weighted by molar-refractivity contribution is -0.383. The molecule has 4 N–H and O–H groups in total. The average Bonchev–Trinajstić information content (AvgIpc) is 2.15. The Hall–Kier alpha value is -9.47. The molecule has 0 bridgehead atoms. The van der Waals surface area contributed by atoms with Crippen LogP contribution in [0.1, 0.15) is 68.4 Å². The maximum Gasteiger partial charge on any atom is 0.316 e. The van der Waals surface area contributed by atoms with Crippen LogP contribution >= 0.6 is 0 Å². The van der Waals surface area contributed by atoms with Crippen molar-refractivity contribution in [1.29, 1.82) is 0 Å². The lowest BCUT2D eigenvalue weighted by Gasteiger charge is -2.17. The predicted octanol–water partition coefficient (Wildman–Crippen LogP) is 17.8. The number of para-hydroxylation sites is 9. The van der Waals surface area contributed by atoms with Gasteiger partial charge in [-0.25, -0.2) is 4.98 Å². The molecule has 0 saturated heterocycles. The number of hydrogen-bond acceptors (Lipinski definition) is 9. The van der Waals surface area contributed by atoms with Gasteiger partial charge in [0.2, 0.25) is 0 Å². The first-order chi connectivity index (χ1) is 41.3. The average molecular weight is 1130 g/mol. The minimum atomic E-state index is -0.472. The van der Waals surface area contributed by atoms with Gasteiger partial charge in [-0.1, -0.05) is 127 Å². The van der Waals surface area contributed by atoms with Gasteiger partial charge in [-0.3, -0.25) is 10.1 Å². The van der Waals surface area contributed by atoms with Crippen molar-refractivity contribution in [1.82, 2.24) is 23.3 Å². The van der Waals surface area contributed by atoms with Gasteiger partial charge >= 0.3 is 5.69 Å². The molecule has 85 heavy (non-hydrogen) atoms. The summed E-state index contributed by atoms with van der Waals surface area (Å²) >= 11 is 0. The summed E-state index contributed by atoms with van der Waals surface area (Å²) in [6.07, 6.45) is 1.95. The summed E-state index contributed by atoms with van der Waals surface area (Å²) in [6.45, 7) is 19.6. The number of nitrogens with zero attached hydrogens (tertiary/aromatic N) is 6. The predicted molar refractivity (Wildman–Crippen MR) is 353 cm³/mol. The topological polar surface area (TPSA) is 154 Å². The number of anilines is 3. The number of nitrogens with two attached hydrogens (primary N) is 1.